The van der Waals surface area contributed by atoms with Crippen LogP contribution in [-0.2, 0) is 4.79 Å². The fourth-order valence-electron chi connectivity index (χ4n) is 1.24. The summed E-state index contributed by atoms with van der Waals surface area (Å²) in [5.74, 6) is -1.20. The second-order valence-corrected chi connectivity index (χ2v) is 3.68. The average Bonchev–Trinajstić information content (AvgIpc) is 2.60. The van der Waals surface area contributed by atoms with E-state index < -0.39 is 5.97 Å². The molecule has 0 aliphatic carbocycles. The Labute approximate surface area is 92.7 Å². The molecule has 2 N–H and O–H groups in total. The lowest BCUT2D eigenvalue weighted by molar-refractivity contribution is -0.137. The summed E-state index contributed by atoms with van der Waals surface area (Å²) in [6.45, 7) is 3.71. The average molecular weight is 226 g/mol. The van der Waals surface area contributed by atoms with Gasteiger partial charge in [0.2, 0.25) is 5.76 Å². The van der Waals surface area contributed by atoms with Gasteiger partial charge in [-0.25, -0.2) is 4.98 Å². The van der Waals surface area contributed by atoms with Crippen LogP contribution in [0.25, 0.3) is 0 Å². The molecule has 0 saturated carbocycles. The van der Waals surface area contributed by atoms with Crippen LogP contribution in [-0.4, -0.2) is 28.5 Å². The molecule has 16 heavy (non-hydrogen) atoms. The van der Waals surface area contributed by atoms with Crippen molar-refractivity contribution >= 4 is 11.9 Å². The molecule has 0 radical (unpaired) electrons. The van der Waals surface area contributed by atoms with E-state index in [1.165, 1.54) is 6.39 Å². The van der Waals surface area contributed by atoms with E-state index in [9.17, 15) is 9.59 Å². The predicted molar refractivity (Wildman–Crippen MR) is 55.0 cm³/mol. The maximum atomic E-state index is 11.5. The Morgan fingerprint density at radius 3 is 2.81 bits per heavy atom. The van der Waals surface area contributed by atoms with Crippen LogP contribution in [0, 0.1) is 12.8 Å². The predicted octanol–water partition coefficient (Wildman–Crippen LogP) is 0.824. The molecule has 0 fully saturated rings. The van der Waals surface area contributed by atoms with Gasteiger partial charge in [0.1, 0.15) is 0 Å². The van der Waals surface area contributed by atoms with Gasteiger partial charge in [0.25, 0.3) is 5.91 Å². The maximum Gasteiger partial charge on any atom is 0.303 e. The minimum Gasteiger partial charge on any atom is -0.481 e. The van der Waals surface area contributed by atoms with Gasteiger partial charge < -0.3 is 14.8 Å². The number of carboxylic acids is 1. The van der Waals surface area contributed by atoms with Crippen LogP contribution in [0.4, 0.5) is 0 Å². The summed E-state index contributed by atoms with van der Waals surface area (Å²) in [4.78, 5) is 25.7. The first-order valence-electron chi connectivity index (χ1n) is 4.90. The van der Waals surface area contributed by atoms with Crippen LogP contribution in [0.1, 0.15) is 29.6 Å². The van der Waals surface area contributed by atoms with Gasteiger partial charge >= 0.3 is 5.97 Å². The molecule has 0 aliphatic heterocycles. The molecule has 0 spiro atoms. The third kappa shape index (κ3) is 3.38. The van der Waals surface area contributed by atoms with Gasteiger partial charge in [-0.05, 0) is 12.8 Å². The van der Waals surface area contributed by atoms with E-state index in [2.05, 4.69) is 10.3 Å². The van der Waals surface area contributed by atoms with Crippen molar-refractivity contribution in [2.45, 2.75) is 20.3 Å². The topological polar surface area (TPSA) is 92.4 Å². The number of hydrogen-bond acceptors (Lipinski definition) is 4. The van der Waals surface area contributed by atoms with Crippen LogP contribution in [0.5, 0.6) is 0 Å². The Morgan fingerprint density at radius 2 is 2.31 bits per heavy atom. The summed E-state index contributed by atoms with van der Waals surface area (Å²) in [5.41, 5.74) is 0.517. The summed E-state index contributed by atoms with van der Waals surface area (Å²) < 4.78 is 4.90. The van der Waals surface area contributed by atoms with Crippen LogP contribution >= 0.6 is 0 Å². The lowest BCUT2D eigenvalue weighted by atomic mass is 10.1. The van der Waals surface area contributed by atoms with Gasteiger partial charge in [0.05, 0.1) is 5.69 Å². The molecule has 1 unspecified atom stereocenters. The van der Waals surface area contributed by atoms with Crippen molar-refractivity contribution in [2.75, 3.05) is 6.54 Å². The van der Waals surface area contributed by atoms with Gasteiger partial charge in [-0.15, -0.1) is 0 Å². The fraction of sp³-hybridized carbons (Fsp3) is 0.500. The van der Waals surface area contributed by atoms with Crippen LogP contribution in [0.15, 0.2) is 10.8 Å². The molecule has 88 valence electrons. The Hall–Kier alpha value is -1.85. The fourth-order valence-corrected chi connectivity index (χ4v) is 1.24. The van der Waals surface area contributed by atoms with Crippen LogP contribution in [0.2, 0.25) is 0 Å². The van der Waals surface area contributed by atoms with Crippen LogP contribution in [0.3, 0.4) is 0 Å². The number of carboxylic acid groups (broad SMARTS) is 1. The molecule has 0 saturated heterocycles. The monoisotopic (exact) mass is 226 g/mol. The number of aryl methyl sites for hydroxylation is 1. The van der Waals surface area contributed by atoms with Crippen LogP contribution < -0.4 is 5.32 Å². The lowest BCUT2D eigenvalue weighted by Crippen LogP contribution is -2.29. The number of aromatic nitrogens is 1. The van der Waals surface area contributed by atoms with Gasteiger partial charge in [-0.3, -0.25) is 9.59 Å². The van der Waals surface area contributed by atoms with Crippen molar-refractivity contribution in [1.29, 1.82) is 0 Å². The van der Waals surface area contributed by atoms with Crippen molar-refractivity contribution in [3.8, 4) is 0 Å². The molecular formula is C10H14N2O4. The lowest BCUT2D eigenvalue weighted by Gasteiger charge is -2.09. The molecular weight excluding hydrogens is 212 g/mol. The number of nitrogens with zero attached hydrogens (tertiary/aromatic N) is 1. The first-order chi connectivity index (χ1) is 7.50. The number of carbonyl (C=O) groups excluding carboxylic acids is 1. The highest BCUT2D eigenvalue weighted by Crippen LogP contribution is 2.05. The molecule has 1 atom stereocenters. The minimum absolute atomic E-state index is 0.0235. The number of nitrogens with one attached hydrogen (secondary N) is 1. The molecule has 1 rings (SSSR count). The van der Waals surface area contributed by atoms with E-state index in [0.717, 1.165) is 0 Å². The summed E-state index contributed by atoms with van der Waals surface area (Å²) in [5, 5.41) is 11.1. The van der Waals surface area contributed by atoms with Crippen molar-refractivity contribution in [3.63, 3.8) is 0 Å². The molecule has 0 aliphatic rings. The van der Waals surface area contributed by atoms with E-state index >= 15 is 0 Å². The third-order valence-corrected chi connectivity index (χ3v) is 2.09. The van der Waals surface area contributed by atoms with Gasteiger partial charge in [0, 0.05) is 13.0 Å². The normalized spacial score (nSPS) is 12.1. The summed E-state index contributed by atoms with van der Waals surface area (Å²) in [6, 6.07) is 0. The highest BCUT2D eigenvalue weighted by molar-refractivity contribution is 5.92. The first kappa shape index (κ1) is 12.2. The number of aliphatic carboxylic acids is 1. The molecule has 1 aromatic heterocycles. The highest BCUT2D eigenvalue weighted by Gasteiger charge is 2.15. The quantitative estimate of drug-likeness (QED) is 0.775. The van der Waals surface area contributed by atoms with Gasteiger partial charge in [-0.1, -0.05) is 6.92 Å². The highest BCUT2D eigenvalue weighted by atomic mass is 16.4. The molecule has 0 aromatic carbocycles. The van der Waals surface area contributed by atoms with Crippen molar-refractivity contribution in [3.05, 3.63) is 17.8 Å². The molecule has 6 nitrogen and oxygen atoms in total. The minimum atomic E-state index is -0.877. The number of oxazole rings is 1. The van der Waals surface area contributed by atoms with Gasteiger partial charge in [0.15, 0.2) is 6.39 Å². The van der Waals surface area contributed by atoms with E-state index in [1.807, 2.05) is 0 Å². The van der Waals surface area contributed by atoms with Gasteiger partial charge in [-0.2, -0.15) is 0 Å². The van der Waals surface area contributed by atoms with Crippen molar-refractivity contribution < 1.29 is 19.1 Å². The smallest absolute Gasteiger partial charge is 0.303 e. The standard InChI is InChI=1S/C10H14N2O4/c1-6(3-8(13)14)4-11-10(15)9-7(2)12-5-16-9/h5-6H,3-4H2,1-2H3,(H,11,15)(H,13,14). The van der Waals surface area contributed by atoms with E-state index in [1.54, 1.807) is 13.8 Å². The Balaban J connectivity index is 2.42. The number of carbonyl (C=O) groups is 2. The summed E-state index contributed by atoms with van der Waals surface area (Å²) in [6.07, 6.45) is 1.22. The number of hydrogen-bond donors (Lipinski definition) is 2. The third-order valence-electron chi connectivity index (χ3n) is 2.09. The Morgan fingerprint density at radius 1 is 1.62 bits per heavy atom. The molecule has 6 heteroatoms. The number of rotatable bonds is 5. The SMILES string of the molecule is Cc1ncoc1C(=O)NCC(C)CC(=O)O. The zero-order valence-electron chi connectivity index (χ0n) is 9.19. The first-order valence-corrected chi connectivity index (χ1v) is 4.90. The number of amides is 1. The molecule has 1 amide bonds. The largest absolute Gasteiger partial charge is 0.481 e. The van der Waals surface area contributed by atoms with E-state index in [0.29, 0.717) is 12.2 Å². The molecule has 1 aromatic rings. The van der Waals surface area contributed by atoms with Crippen molar-refractivity contribution in [1.82, 2.24) is 10.3 Å². The maximum absolute atomic E-state index is 11.5. The Kier molecular flexibility index (Phi) is 4.04. The molecule has 1 heterocycles. The van der Waals surface area contributed by atoms with E-state index in [4.69, 9.17) is 9.52 Å². The van der Waals surface area contributed by atoms with Crippen molar-refractivity contribution in [2.24, 2.45) is 5.92 Å². The summed E-state index contributed by atoms with van der Waals surface area (Å²) in [7, 11) is 0. The van der Waals surface area contributed by atoms with E-state index in [-0.39, 0.29) is 24.0 Å². The second kappa shape index (κ2) is 5.29. The zero-order valence-corrected chi connectivity index (χ0v) is 9.19. The molecule has 0 bridgehead atoms. The summed E-state index contributed by atoms with van der Waals surface area (Å²) >= 11 is 0. The second-order valence-electron chi connectivity index (χ2n) is 3.68. The zero-order chi connectivity index (χ0) is 12.1. The Bertz CT molecular complexity index is 386.